The summed E-state index contributed by atoms with van der Waals surface area (Å²) in [6.07, 6.45) is 5.11. The van der Waals surface area contributed by atoms with Gasteiger partial charge < -0.3 is 10.2 Å². The molecule has 0 saturated carbocycles. The van der Waals surface area contributed by atoms with E-state index >= 15 is 0 Å². The van der Waals surface area contributed by atoms with Gasteiger partial charge in [0.05, 0.1) is 11.9 Å². The van der Waals surface area contributed by atoms with Gasteiger partial charge >= 0.3 is 0 Å². The molecule has 1 amide bonds. The number of hydrogen-bond acceptors (Lipinski definition) is 3. The molecule has 2 unspecified atom stereocenters. The maximum absolute atomic E-state index is 13.6. The van der Waals surface area contributed by atoms with Crippen LogP contribution in [0.5, 0.6) is 0 Å². The van der Waals surface area contributed by atoms with Crippen molar-refractivity contribution in [1.29, 1.82) is 0 Å². The lowest BCUT2D eigenvalue weighted by molar-refractivity contribution is -0.134. The van der Waals surface area contributed by atoms with Gasteiger partial charge in [0.2, 0.25) is 5.91 Å². The fourth-order valence-electron chi connectivity index (χ4n) is 5.83. The molecule has 5 aromatic rings. The van der Waals surface area contributed by atoms with Crippen LogP contribution in [0.1, 0.15) is 29.5 Å². The number of hydrogen-bond donors (Lipinski definition) is 1. The summed E-state index contributed by atoms with van der Waals surface area (Å²) >= 11 is 0. The van der Waals surface area contributed by atoms with Gasteiger partial charge in [0.1, 0.15) is 0 Å². The number of carbonyl (C=O) groups excluding carboxylic acids is 1. The Hall–Kier alpha value is -4.02. The molecule has 0 spiro atoms. The van der Waals surface area contributed by atoms with Crippen molar-refractivity contribution in [2.75, 3.05) is 6.54 Å². The summed E-state index contributed by atoms with van der Waals surface area (Å²) in [5.74, 6) is 0.222. The summed E-state index contributed by atoms with van der Waals surface area (Å²) in [6.45, 7) is 1.58. The van der Waals surface area contributed by atoms with Crippen molar-refractivity contribution in [2.24, 2.45) is 0 Å². The summed E-state index contributed by atoms with van der Waals surface area (Å²) in [6, 6.07) is 36.2. The maximum atomic E-state index is 13.6. The first-order chi connectivity index (χ1) is 18.7. The van der Waals surface area contributed by atoms with Crippen LogP contribution in [-0.2, 0) is 24.2 Å². The van der Waals surface area contributed by atoms with Crippen molar-refractivity contribution in [3.8, 4) is 0 Å². The molecule has 1 fully saturated rings. The Kier molecular flexibility index (Phi) is 7.14. The average molecular weight is 500 g/mol. The molecule has 4 heteroatoms. The van der Waals surface area contributed by atoms with Gasteiger partial charge in [-0.25, -0.2) is 0 Å². The molecule has 4 nitrogen and oxygen atoms in total. The van der Waals surface area contributed by atoms with E-state index in [2.05, 4.69) is 112 Å². The molecule has 1 N–H and O–H groups in total. The third-order valence-corrected chi connectivity index (χ3v) is 7.84. The largest absolute Gasteiger partial charge is 0.339 e. The Balaban J connectivity index is 1.17. The van der Waals surface area contributed by atoms with Gasteiger partial charge in [0.25, 0.3) is 0 Å². The van der Waals surface area contributed by atoms with E-state index in [9.17, 15) is 4.79 Å². The van der Waals surface area contributed by atoms with Crippen LogP contribution in [-0.4, -0.2) is 34.4 Å². The number of amides is 1. The number of aromatic nitrogens is 1. The summed E-state index contributed by atoms with van der Waals surface area (Å²) in [5.41, 5.74) is 4.66. The molecule has 2 heterocycles. The summed E-state index contributed by atoms with van der Waals surface area (Å²) in [4.78, 5) is 20.3. The maximum Gasteiger partial charge on any atom is 0.227 e. The molecule has 0 bridgehead atoms. The Morgan fingerprint density at radius 2 is 1.63 bits per heavy atom. The molecule has 2 atom stereocenters. The lowest BCUT2D eigenvalue weighted by Crippen LogP contribution is -2.52. The standard InChI is InChI=1S/C34H33N3O/c38-34(22-26-14-15-27-10-4-5-11-28(27)20-26)37-19-17-30(23-31(37)21-25-8-2-1-3-9-25)36-24-29-16-18-35-33-13-7-6-12-32(29)33/h1-16,18,20,30-31,36H,17,19,21-24H2. The molecule has 1 aliphatic heterocycles. The highest BCUT2D eigenvalue weighted by molar-refractivity contribution is 5.85. The van der Waals surface area contributed by atoms with Crippen LogP contribution >= 0.6 is 0 Å². The fourth-order valence-corrected chi connectivity index (χ4v) is 5.83. The zero-order valence-corrected chi connectivity index (χ0v) is 21.6. The van der Waals surface area contributed by atoms with Gasteiger partial charge in [-0.15, -0.1) is 0 Å². The number of piperidine rings is 1. The van der Waals surface area contributed by atoms with Crippen molar-refractivity contribution < 1.29 is 4.79 Å². The number of pyridine rings is 1. The second-order valence-corrected chi connectivity index (χ2v) is 10.4. The van der Waals surface area contributed by atoms with Crippen LogP contribution in [0.4, 0.5) is 0 Å². The van der Waals surface area contributed by atoms with Gasteiger partial charge in [0, 0.05) is 36.8 Å². The van der Waals surface area contributed by atoms with Crippen LogP contribution in [0.2, 0.25) is 0 Å². The van der Waals surface area contributed by atoms with E-state index in [4.69, 9.17) is 0 Å². The third kappa shape index (κ3) is 5.46. The predicted molar refractivity (Wildman–Crippen MR) is 155 cm³/mol. The minimum Gasteiger partial charge on any atom is -0.339 e. The minimum atomic E-state index is 0.172. The zero-order valence-electron chi connectivity index (χ0n) is 21.6. The summed E-state index contributed by atoms with van der Waals surface area (Å²) in [7, 11) is 0. The molecule has 0 radical (unpaired) electrons. The molecule has 1 saturated heterocycles. The quantitative estimate of drug-likeness (QED) is 0.285. The highest BCUT2D eigenvalue weighted by Gasteiger charge is 2.31. The topological polar surface area (TPSA) is 45.2 Å². The van der Waals surface area contributed by atoms with Gasteiger partial charge in [0.15, 0.2) is 0 Å². The number of para-hydroxylation sites is 1. The van der Waals surface area contributed by atoms with Gasteiger partial charge in [-0.3, -0.25) is 9.78 Å². The highest BCUT2D eigenvalue weighted by atomic mass is 16.2. The molecular formula is C34H33N3O. The van der Waals surface area contributed by atoms with Crippen molar-refractivity contribution >= 4 is 27.6 Å². The zero-order chi connectivity index (χ0) is 25.7. The smallest absolute Gasteiger partial charge is 0.227 e. The van der Waals surface area contributed by atoms with Gasteiger partial charge in [-0.1, -0.05) is 91.0 Å². The van der Waals surface area contributed by atoms with E-state index in [1.807, 2.05) is 12.3 Å². The Morgan fingerprint density at radius 1 is 0.842 bits per heavy atom. The number of nitrogens with zero attached hydrogens (tertiary/aromatic N) is 2. The molecule has 4 aromatic carbocycles. The number of fused-ring (bicyclic) bond motifs is 2. The van der Waals surface area contributed by atoms with Crippen molar-refractivity contribution in [2.45, 2.75) is 44.3 Å². The lowest BCUT2D eigenvalue weighted by atomic mass is 9.91. The molecule has 1 aromatic heterocycles. The number of benzene rings is 4. The van der Waals surface area contributed by atoms with Crippen molar-refractivity contribution in [3.63, 3.8) is 0 Å². The van der Waals surface area contributed by atoms with E-state index < -0.39 is 0 Å². The van der Waals surface area contributed by atoms with E-state index in [-0.39, 0.29) is 11.9 Å². The minimum absolute atomic E-state index is 0.172. The first-order valence-corrected chi connectivity index (χ1v) is 13.6. The second kappa shape index (κ2) is 11.2. The first-order valence-electron chi connectivity index (χ1n) is 13.6. The van der Waals surface area contributed by atoms with Crippen LogP contribution in [0.25, 0.3) is 21.7 Å². The normalized spacial score (nSPS) is 17.6. The van der Waals surface area contributed by atoms with Crippen molar-refractivity contribution in [1.82, 2.24) is 15.2 Å². The second-order valence-electron chi connectivity index (χ2n) is 10.4. The first kappa shape index (κ1) is 24.3. The van der Waals surface area contributed by atoms with Gasteiger partial charge in [-0.2, -0.15) is 0 Å². The number of likely N-dealkylation sites (tertiary alicyclic amines) is 1. The molecule has 1 aliphatic rings. The molecule has 38 heavy (non-hydrogen) atoms. The Labute approximate surface area is 224 Å². The SMILES string of the molecule is O=C(Cc1ccc2ccccc2c1)N1CCC(NCc2ccnc3ccccc23)CC1Cc1ccccc1. The number of rotatable bonds is 7. The summed E-state index contributed by atoms with van der Waals surface area (Å²) < 4.78 is 0. The van der Waals surface area contributed by atoms with Crippen LogP contribution in [0.3, 0.4) is 0 Å². The van der Waals surface area contributed by atoms with Crippen molar-refractivity contribution in [3.05, 3.63) is 126 Å². The number of carbonyl (C=O) groups is 1. The molecular weight excluding hydrogens is 466 g/mol. The third-order valence-electron chi connectivity index (χ3n) is 7.84. The molecule has 0 aliphatic carbocycles. The van der Waals surface area contributed by atoms with Crippen LogP contribution < -0.4 is 5.32 Å². The summed E-state index contributed by atoms with van der Waals surface area (Å²) in [5, 5.41) is 7.40. The van der Waals surface area contributed by atoms with Gasteiger partial charge in [-0.05, 0) is 58.9 Å². The monoisotopic (exact) mass is 499 g/mol. The Bertz CT molecular complexity index is 1540. The predicted octanol–water partition coefficient (Wildman–Crippen LogP) is 6.32. The van der Waals surface area contributed by atoms with E-state index in [1.165, 1.54) is 27.3 Å². The molecule has 190 valence electrons. The lowest BCUT2D eigenvalue weighted by Gasteiger charge is -2.40. The molecule has 6 rings (SSSR count). The Morgan fingerprint density at radius 3 is 2.53 bits per heavy atom. The number of nitrogens with one attached hydrogen (secondary N) is 1. The average Bonchev–Trinajstić information content (AvgIpc) is 2.96. The fraction of sp³-hybridized carbons (Fsp3) is 0.235. The van der Waals surface area contributed by atoms with E-state index in [0.717, 1.165) is 43.4 Å². The van der Waals surface area contributed by atoms with Crippen LogP contribution in [0.15, 0.2) is 109 Å². The van der Waals surface area contributed by atoms with Crippen LogP contribution in [0, 0.1) is 0 Å². The highest BCUT2D eigenvalue weighted by Crippen LogP contribution is 2.25. The van der Waals surface area contributed by atoms with E-state index in [0.29, 0.717) is 12.5 Å². The van der Waals surface area contributed by atoms with E-state index in [1.54, 1.807) is 0 Å².